The number of rotatable bonds is 4. The van der Waals surface area contributed by atoms with Crippen LogP contribution in [-0.4, -0.2) is 21.4 Å². The zero-order chi connectivity index (χ0) is 16.5. The van der Waals surface area contributed by atoms with Crippen LogP contribution in [0.5, 0.6) is 0 Å². The maximum Gasteiger partial charge on any atom is 0.265 e. The number of halogens is 2. The Balaban J connectivity index is 2.60. The minimum Gasteiger partial charge on any atom is -0.366 e. The number of benzene rings is 2. The molecule has 0 aliphatic heterocycles. The van der Waals surface area contributed by atoms with Crippen molar-refractivity contribution in [3.63, 3.8) is 0 Å². The highest BCUT2D eigenvalue weighted by atomic mass is 35.5. The Morgan fingerprint density at radius 2 is 1.73 bits per heavy atom. The SMILES string of the molecule is CN(c1ccccc1C(N)=O)S(=O)(=O)c1cccc(Cl)c1Cl. The van der Waals surface area contributed by atoms with E-state index in [1.54, 1.807) is 12.1 Å². The number of nitrogens with two attached hydrogens (primary N) is 1. The lowest BCUT2D eigenvalue weighted by molar-refractivity contribution is 0.100. The standard InChI is InChI=1S/C14H12Cl2N2O3S/c1-18(11-7-3-2-5-9(11)14(17)19)22(20,21)12-8-4-6-10(15)13(12)16/h2-8H,1H3,(H2,17,19). The van der Waals surface area contributed by atoms with E-state index in [0.29, 0.717) is 0 Å². The molecule has 0 saturated heterocycles. The van der Waals surface area contributed by atoms with E-state index in [0.717, 1.165) is 4.31 Å². The summed E-state index contributed by atoms with van der Waals surface area (Å²) in [6, 6.07) is 10.4. The van der Waals surface area contributed by atoms with Crippen LogP contribution in [0.2, 0.25) is 10.0 Å². The van der Waals surface area contributed by atoms with Gasteiger partial charge in [-0.2, -0.15) is 0 Å². The molecule has 0 fully saturated rings. The summed E-state index contributed by atoms with van der Waals surface area (Å²) in [7, 11) is -2.68. The normalized spacial score (nSPS) is 11.2. The molecular weight excluding hydrogens is 347 g/mol. The van der Waals surface area contributed by atoms with E-state index in [2.05, 4.69) is 0 Å². The summed E-state index contributed by atoms with van der Waals surface area (Å²) in [5, 5.41) is 0.0481. The number of sulfonamides is 1. The lowest BCUT2D eigenvalue weighted by Crippen LogP contribution is -2.29. The van der Waals surface area contributed by atoms with Gasteiger partial charge in [-0.25, -0.2) is 8.42 Å². The van der Waals surface area contributed by atoms with Gasteiger partial charge in [0.05, 0.1) is 21.3 Å². The van der Waals surface area contributed by atoms with Crippen LogP contribution >= 0.6 is 23.2 Å². The molecule has 0 saturated carbocycles. The van der Waals surface area contributed by atoms with Crippen LogP contribution in [0.15, 0.2) is 47.4 Å². The van der Waals surface area contributed by atoms with Crippen molar-refractivity contribution in [3.8, 4) is 0 Å². The highest BCUT2D eigenvalue weighted by Gasteiger charge is 2.27. The summed E-state index contributed by atoms with van der Waals surface area (Å²) in [6.45, 7) is 0. The summed E-state index contributed by atoms with van der Waals surface area (Å²) in [5.41, 5.74) is 5.53. The molecule has 22 heavy (non-hydrogen) atoms. The van der Waals surface area contributed by atoms with E-state index in [9.17, 15) is 13.2 Å². The van der Waals surface area contributed by atoms with Crippen molar-refractivity contribution in [1.29, 1.82) is 0 Å². The first kappa shape index (κ1) is 16.6. The molecule has 2 aromatic carbocycles. The van der Waals surface area contributed by atoms with Crippen LogP contribution < -0.4 is 10.0 Å². The van der Waals surface area contributed by atoms with E-state index in [4.69, 9.17) is 28.9 Å². The summed E-state index contributed by atoms with van der Waals surface area (Å²) >= 11 is 11.8. The van der Waals surface area contributed by atoms with E-state index >= 15 is 0 Å². The molecule has 2 aromatic rings. The summed E-state index contributed by atoms with van der Waals surface area (Å²) in [5.74, 6) is -0.727. The van der Waals surface area contributed by atoms with Gasteiger partial charge >= 0.3 is 0 Å². The second-order valence-corrected chi connectivity index (χ2v) is 7.13. The smallest absolute Gasteiger partial charge is 0.265 e. The molecule has 2 rings (SSSR count). The van der Waals surface area contributed by atoms with Crippen LogP contribution in [0.3, 0.4) is 0 Å². The predicted octanol–water partition coefficient (Wildman–Crippen LogP) is 2.92. The van der Waals surface area contributed by atoms with Crippen LogP contribution in [-0.2, 0) is 10.0 Å². The molecule has 1 amide bonds. The Morgan fingerprint density at radius 3 is 2.36 bits per heavy atom. The second kappa shape index (κ2) is 6.16. The molecule has 0 heterocycles. The number of anilines is 1. The van der Waals surface area contributed by atoms with Gasteiger partial charge in [0.25, 0.3) is 15.9 Å². The topological polar surface area (TPSA) is 80.5 Å². The fourth-order valence-corrected chi connectivity index (χ4v) is 3.87. The zero-order valence-corrected chi connectivity index (χ0v) is 13.8. The van der Waals surface area contributed by atoms with E-state index in [1.165, 1.54) is 37.4 Å². The molecule has 116 valence electrons. The monoisotopic (exact) mass is 358 g/mol. The minimum atomic E-state index is -3.99. The first-order chi connectivity index (χ1) is 10.3. The molecule has 5 nitrogen and oxygen atoms in total. The molecule has 0 atom stereocenters. The van der Waals surface area contributed by atoms with Crippen molar-refractivity contribution in [3.05, 3.63) is 58.1 Å². The molecule has 0 spiro atoms. The Kier molecular flexibility index (Phi) is 4.65. The number of hydrogen-bond donors (Lipinski definition) is 1. The Bertz CT molecular complexity index is 838. The summed E-state index contributed by atoms with van der Waals surface area (Å²) < 4.78 is 26.4. The zero-order valence-electron chi connectivity index (χ0n) is 11.5. The van der Waals surface area contributed by atoms with Gasteiger partial charge in [-0.1, -0.05) is 41.4 Å². The third-order valence-electron chi connectivity index (χ3n) is 3.06. The molecule has 8 heteroatoms. The Morgan fingerprint density at radius 1 is 1.09 bits per heavy atom. The van der Waals surface area contributed by atoms with Gasteiger partial charge in [0.2, 0.25) is 0 Å². The molecule has 0 aliphatic carbocycles. The van der Waals surface area contributed by atoms with E-state index in [-0.39, 0.29) is 26.2 Å². The first-order valence-corrected chi connectivity index (χ1v) is 8.28. The Hall–Kier alpha value is -1.76. The molecule has 0 aliphatic rings. The number of para-hydroxylation sites is 1. The molecule has 0 bridgehead atoms. The average Bonchev–Trinajstić information content (AvgIpc) is 2.49. The summed E-state index contributed by atoms with van der Waals surface area (Å²) in [6.07, 6.45) is 0. The van der Waals surface area contributed by atoms with Crippen LogP contribution in [0.1, 0.15) is 10.4 Å². The number of amides is 1. The lowest BCUT2D eigenvalue weighted by Gasteiger charge is -2.22. The van der Waals surface area contributed by atoms with Crippen LogP contribution in [0.4, 0.5) is 5.69 Å². The molecular formula is C14H12Cl2N2O3S. The molecule has 2 N–H and O–H groups in total. The molecule has 0 unspecified atom stereocenters. The van der Waals surface area contributed by atoms with E-state index in [1.807, 2.05) is 0 Å². The third-order valence-corrected chi connectivity index (χ3v) is 5.81. The first-order valence-electron chi connectivity index (χ1n) is 6.08. The fourth-order valence-electron chi connectivity index (χ4n) is 1.92. The Labute approximate surface area is 138 Å². The molecule has 0 aromatic heterocycles. The van der Waals surface area contributed by atoms with Crippen molar-refractivity contribution >= 4 is 44.8 Å². The van der Waals surface area contributed by atoms with Gasteiger partial charge in [0.15, 0.2) is 0 Å². The number of carbonyl (C=O) groups is 1. The van der Waals surface area contributed by atoms with Gasteiger partial charge in [-0.3, -0.25) is 9.10 Å². The third kappa shape index (κ3) is 2.90. The fraction of sp³-hybridized carbons (Fsp3) is 0.0714. The van der Waals surface area contributed by atoms with Gasteiger partial charge in [-0.15, -0.1) is 0 Å². The largest absolute Gasteiger partial charge is 0.366 e. The lowest BCUT2D eigenvalue weighted by atomic mass is 10.2. The number of nitrogens with zero attached hydrogens (tertiary/aromatic N) is 1. The van der Waals surface area contributed by atoms with Crippen molar-refractivity contribution in [2.75, 3.05) is 11.4 Å². The quantitative estimate of drug-likeness (QED) is 0.912. The highest BCUT2D eigenvalue weighted by Crippen LogP contribution is 2.33. The van der Waals surface area contributed by atoms with Gasteiger partial charge in [0, 0.05) is 7.05 Å². The number of primary amides is 1. The average molecular weight is 359 g/mol. The number of carbonyl (C=O) groups excluding carboxylic acids is 1. The number of hydrogen-bond acceptors (Lipinski definition) is 3. The maximum atomic E-state index is 12.7. The van der Waals surface area contributed by atoms with E-state index < -0.39 is 15.9 Å². The van der Waals surface area contributed by atoms with Crippen LogP contribution in [0, 0.1) is 0 Å². The van der Waals surface area contributed by atoms with Gasteiger partial charge in [0.1, 0.15) is 4.90 Å². The van der Waals surface area contributed by atoms with Gasteiger partial charge in [-0.05, 0) is 24.3 Å². The van der Waals surface area contributed by atoms with Crippen molar-refractivity contribution in [2.45, 2.75) is 4.90 Å². The second-order valence-electron chi connectivity index (χ2n) is 4.41. The van der Waals surface area contributed by atoms with Crippen molar-refractivity contribution < 1.29 is 13.2 Å². The van der Waals surface area contributed by atoms with Crippen LogP contribution in [0.25, 0.3) is 0 Å². The van der Waals surface area contributed by atoms with Crippen molar-refractivity contribution in [2.24, 2.45) is 5.73 Å². The minimum absolute atomic E-state index is 0.0763. The van der Waals surface area contributed by atoms with Gasteiger partial charge < -0.3 is 5.73 Å². The maximum absolute atomic E-state index is 12.7. The van der Waals surface area contributed by atoms with Crippen molar-refractivity contribution in [1.82, 2.24) is 0 Å². The summed E-state index contributed by atoms with van der Waals surface area (Å²) in [4.78, 5) is 11.3. The molecule has 0 radical (unpaired) electrons. The predicted molar refractivity (Wildman–Crippen MR) is 87.0 cm³/mol. The highest BCUT2D eigenvalue weighted by molar-refractivity contribution is 7.93.